The van der Waals surface area contributed by atoms with Crippen molar-refractivity contribution in [1.29, 1.82) is 0 Å². The van der Waals surface area contributed by atoms with Crippen LogP contribution in [0.15, 0.2) is 0 Å². The van der Waals surface area contributed by atoms with E-state index in [0.717, 1.165) is 38.3 Å². The maximum atomic E-state index is 5.55. The van der Waals surface area contributed by atoms with Gasteiger partial charge in [-0.2, -0.15) is 0 Å². The van der Waals surface area contributed by atoms with Crippen LogP contribution in [0.4, 0.5) is 0 Å². The van der Waals surface area contributed by atoms with Crippen LogP contribution in [-0.4, -0.2) is 51.3 Å². The predicted octanol–water partition coefficient (Wildman–Crippen LogP) is 1.73. The molecule has 0 spiro atoms. The maximum Gasteiger partial charge on any atom is 0.0593 e. The first-order valence-corrected chi connectivity index (χ1v) is 6.68. The second kappa shape index (κ2) is 8.04. The van der Waals surface area contributed by atoms with Gasteiger partial charge in [-0.15, -0.1) is 0 Å². The molecule has 0 radical (unpaired) electrons. The van der Waals surface area contributed by atoms with Crippen molar-refractivity contribution in [3.63, 3.8) is 0 Å². The van der Waals surface area contributed by atoms with Crippen molar-refractivity contribution in [1.82, 2.24) is 10.2 Å². The molecule has 0 aliphatic heterocycles. The summed E-state index contributed by atoms with van der Waals surface area (Å²) in [7, 11) is 4.15. The molecule has 3 nitrogen and oxygen atoms in total. The van der Waals surface area contributed by atoms with E-state index < -0.39 is 0 Å². The van der Waals surface area contributed by atoms with Crippen molar-refractivity contribution in [2.45, 2.75) is 38.6 Å². The summed E-state index contributed by atoms with van der Waals surface area (Å²) in [6, 6.07) is 0.752. The monoisotopic (exact) mass is 228 g/mol. The molecular weight excluding hydrogens is 200 g/mol. The van der Waals surface area contributed by atoms with Gasteiger partial charge in [0, 0.05) is 19.1 Å². The number of ether oxygens (including phenoxy) is 1. The second-order valence-corrected chi connectivity index (χ2v) is 5.15. The first kappa shape index (κ1) is 13.9. The molecule has 0 aromatic heterocycles. The van der Waals surface area contributed by atoms with Gasteiger partial charge >= 0.3 is 0 Å². The average molecular weight is 228 g/mol. The Labute approximate surface area is 101 Å². The summed E-state index contributed by atoms with van der Waals surface area (Å²) < 4.78 is 5.55. The fourth-order valence-electron chi connectivity index (χ4n) is 2.32. The van der Waals surface area contributed by atoms with Crippen molar-refractivity contribution in [3.05, 3.63) is 0 Å². The van der Waals surface area contributed by atoms with Crippen molar-refractivity contribution in [3.8, 4) is 0 Å². The molecule has 1 saturated carbocycles. The maximum absolute atomic E-state index is 5.55. The molecule has 0 aromatic carbocycles. The van der Waals surface area contributed by atoms with E-state index in [0.29, 0.717) is 0 Å². The topological polar surface area (TPSA) is 24.5 Å². The highest BCUT2D eigenvalue weighted by molar-refractivity contribution is 4.79. The molecule has 2 unspecified atom stereocenters. The van der Waals surface area contributed by atoms with Gasteiger partial charge in [0.2, 0.25) is 0 Å². The molecule has 2 atom stereocenters. The quantitative estimate of drug-likeness (QED) is 0.640. The van der Waals surface area contributed by atoms with Gasteiger partial charge in [-0.25, -0.2) is 0 Å². The van der Waals surface area contributed by atoms with E-state index in [-0.39, 0.29) is 0 Å². The Kier molecular flexibility index (Phi) is 7.01. The Balaban J connectivity index is 1.88. The van der Waals surface area contributed by atoms with Gasteiger partial charge < -0.3 is 15.0 Å². The molecule has 16 heavy (non-hydrogen) atoms. The van der Waals surface area contributed by atoms with Crippen LogP contribution in [0.2, 0.25) is 0 Å². The second-order valence-electron chi connectivity index (χ2n) is 5.15. The van der Waals surface area contributed by atoms with E-state index in [2.05, 4.69) is 31.2 Å². The molecule has 1 rings (SSSR count). The SMILES string of the molecule is CCC1CCC(NCCOCCN(C)C)C1. The van der Waals surface area contributed by atoms with E-state index in [9.17, 15) is 0 Å². The third-order valence-corrected chi connectivity index (χ3v) is 3.48. The lowest BCUT2D eigenvalue weighted by Crippen LogP contribution is -2.30. The summed E-state index contributed by atoms with van der Waals surface area (Å²) in [6.45, 7) is 6.02. The molecule has 0 saturated heterocycles. The van der Waals surface area contributed by atoms with E-state index in [4.69, 9.17) is 4.74 Å². The number of hydrogen-bond acceptors (Lipinski definition) is 3. The van der Waals surface area contributed by atoms with Gasteiger partial charge in [0.1, 0.15) is 0 Å². The number of nitrogens with zero attached hydrogens (tertiary/aromatic N) is 1. The molecule has 0 aromatic rings. The molecule has 1 aliphatic carbocycles. The molecule has 1 N–H and O–H groups in total. The van der Waals surface area contributed by atoms with Crippen molar-refractivity contribution in [2.75, 3.05) is 40.4 Å². The fraction of sp³-hybridized carbons (Fsp3) is 1.00. The van der Waals surface area contributed by atoms with Crippen LogP contribution in [0.3, 0.4) is 0 Å². The van der Waals surface area contributed by atoms with Crippen LogP contribution in [0, 0.1) is 5.92 Å². The predicted molar refractivity (Wildman–Crippen MR) is 68.8 cm³/mol. The zero-order chi connectivity index (χ0) is 11.8. The van der Waals surface area contributed by atoms with Crippen LogP contribution in [0.5, 0.6) is 0 Å². The third-order valence-electron chi connectivity index (χ3n) is 3.48. The van der Waals surface area contributed by atoms with E-state index in [1.807, 2.05) is 0 Å². The van der Waals surface area contributed by atoms with Gasteiger partial charge in [0.15, 0.2) is 0 Å². The van der Waals surface area contributed by atoms with Gasteiger partial charge in [0.05, 0.1) is 13.2 Å². The van der Waals surface area contributed by atoms with E-state index >= 15 is 0 Å². The van der Waals surface area contributed by atoms with Crippen molar-refractivity contribution in [2.24, 2.45) is 5.92 Å². The Hall–Kier alpha value is -0.120. The van der Waals surface area contributed by atoms with Crippen LogP contribution in [0.25, 0.3) is 0 Å². The minimum atomic E-state index is 0.752. The summed E-state index contributed by atoms with van der Waals surface area (Å²) in [5, 5.41) is 3.60. The van der Waals surface area contributed by atoms with E-state index in [1.165, 1.54) is 25.7 Å². The first-order chi connectivity index (χ1) is 7.72. The lowest BCUT2D eigenvalue weighted by atomic mass is 10.1. The van der Waals surface area contributed by atoms with Gasteiger partial charge in [0.25, 0.3) is 0 Å². The number of likely N-dealkylation sites (N-methyl/N-ethyl adjacent to an activating group) is 1. The largest absolute Gasteiger partial charge is 0.379 e. The summed E-state index contributed by atoms with van der Waals surface area (Å²) >= 11 is 0. The molecule has 0 amide bonds. The molecule has 1 aliphatic rings. The highest BCUT2D eigenvalue weighted by Gasteiger charge is 2.22. The number of rotatable bonds is 8. The normalized spacial score (nSPS) is 25.5. The number of hydrogen-bond donors (Lipinski definition) is 1. The number of nitrogens with one attached hydrogen (secondary N) is 1. The average Bonchev–Trinajstić information content (AvgIpc) is 2.70. The zero-order valence-electron chi connectivity index (χ0n) is 11.2. The van der Waals surface area contributed by atoms with Gasteiger partial charge in [-0.1, -0.05) is 13.3 Å². The Morgan fingerprint density at radius 3 is 2.69 bits per heavy atom. The van der Waals surface area contributed by atoms with Gasteiger partial charge in [-0.05, 0) is 39.3 Å². The highest BCUT2D eigenvalue weighted by atomic mass is 16.5. The zero-order valence-corrected chi connectivity index (χ0v) is 11.2. The molecule has 0 heterocycles. The van der Waals surface area contributed by atoms with Crippen LogP contribution in [0.1, 0.15) is 32.6 Å². The molecule has 96 valence electrons. The molecular formula is C13H28N2O. The standard InChI is InChI=1S/C13H28N2O/c1-4-12-5-6-13(11-12)14-7-9-16-10-8-15(2)3/h12-14H,4-11H2,1-3H3. The summed E-state index contributed by atoms with van der Waals surface area (Å²) in [6.07, 6.45) is 5.48. The molecule has 0 bridgehead atoms. The van der Waals surface area contributed by atoms with Crippen molar-refractivity contribution < 1.29 is 4.74 Å². The minimum Gasteiger partial charge on any atom is -0.379 e. The third kappa shape index (κ3) is 5.83. The Morgan fingerprint density at radius 1 is 1.25 bits per heavy atom. The van der Waals surface area contributed by atoms with Crippen LogP contribution in [-0.2, 0) is 4.74 Å². The molecule has 3 heteroatoms. The summed E-state index contributed by atoms with van der Waals surface area (Å²) in [5.74, 6) is 0.965. The van der Waals surface area contributed by atoms with Gasteiger partial charge in [-0.3, -0.25) is 0 Å². The first-order valence-electron chi connectivity index (χ1n) is 6.68. The summed E-state index contributed by atoms with van der Waals surface area (Å²) in [4.78, 5) is 2.15. The Bertz CT molecular complexity index is 173. The fourth-order valence-corrected chi connectivity index (χ4v) is 2.32. The molecule has 1 fully saturated rings. The van der Waals surface area contributed by atoms with E-state index in [1.54, 1.807) is 0 Å². The smallest absolute Gasteiger partial charge is 0.0593 e. The summed E-state index contributed by atoms with van der Waals surface area (Å²) in [5.41, 5.74) is 0. The lowest BCUT2D eigenvalue weighted by molar-refractivity contribution is 0.117. The Morgan fingerprint density at radius 2 is 2.06 bits per heavy atom. The van der Waals surface area contributed by atoms with Crippen molar-refractivity contribution >= 4 is 0 Å². The lowest BCUT2D eigenvalue weighted by Gasteiger charge is -2.14. The van der Waals surface area contributed by atoms with Crippen LogP contribution < -0.4 is 5.32 Å². The minimum absolute atomic E-state index is 0.752. The highest BCUT2D eigenvalue weighted by Crippen LogP contribution is 2.27. The van der Waals surface area contributed by atoms with Crippen LogP contribution >= 0.6 is 0 Å².